The number of carbonyl (C=O) groups is 1. The molecule has 1 atom stereocenters. The lowest BCUT2D eigenvalue weighted by molar-refractivity contribution is -0.133. The molecule has 2 nitrogen and oxygen atoms in total. The van der Waals surface area contributed by atoms with Gasteiger partial charge in [0, 0.05) is 12.6 Å². The number of hydrogen-bond donors (Lipinski definition) is 0. The van der Waals surface area contributed by atoms with E-state index < -0.39 is 4.32 Å². The third-order valence-corrected chi connectivity index (χ3v) is 2.96. The second-order valence-electron chi connectivity index (χ2n) is 4.18. The number of carbonyl (C=O) groups excluding carboxylic acids is 1. The highest BCUT2D eigenvalue weighted by molar-refractivity contribution is 9.10. The molecule has 0 radical (unpaired) electrons. The van der Waals surface area contributed by atoms with Crippen LogP contribution in [-0.4, -0.2) is 27.7 Å². The molecule has 1 heterocycles. The minimum Gasteiger partial charge on any atom is -0.339 e. The highest BCUT2D eigenvalue weighted by Crippen LogP contribution is 2.27. The van der Waals surface area contributed by atoms with E-state index in [0.717, 1.165) is 19.4 Å². The molecule has 0 spiro atoms. The predicted octanol–water partition coefficient (Wildman–Crippen LogP) is 2.56. The van der Waals surface area contributed by atoms with Crippen molar-refractivity contribution in [2.24, 2.45) is 0 Å². The van der Waals surface area contributed by atoms with Crippen molar-refractivity contribution in [3.63, 3.8) is 0 Å². The van der Waals surface area contributed by atoms with Crippen molar-refractivity contribution >= 4 is 21.8 Å². The monoisotopic (exact) mass is 247 g/mol. The van der Waals surface area contributed by atoms with Crippen molar-refractivity contribution in [3.05, 3.63) is 0 Å². The number of amides is 1. The first-order valence-electron chi connectivity index (χ1n) is 4.96. The second kappa shape index (κ2) is 3.99. The van der Waals surface area contributed by atoms with E-state index in [1.807, 2.05) is 18.7 Å². The van der Waals surface area contributed by atoms with Gasteiger partial charge < -0.3 is 4.90 Å². The first-order chi connectivity index (χ1) is 5.96. The van der Waals surface area contributed by atoms with E-state index in [4.69, 9.17) is 0 Å². The molecule has 0 aromatic heterocycles. The van der Waals surface area contributed by atoms with E-state index in [9.17, 15) is 4.79 Å². The van der Waals surface area contributed by atoms with Crippen molar-refractivity contribution in [2.45, 2.75) is 50.4 Å². The minimum atomic E-state index is -0.398. The van der Waals surface area contributed by atoms with Crippen LogP contribution in [0.5, 0.6) is 0 Å². The van der Waals surface area contributed by atoms with Crippen molar-refractivity contribution in [1.29, 1.82) is 0 Å². The molecule has 13 heavy (non-hydrogen) atoms. The Hall–Kier alpha value is -0.0500. The van der Waals surface area contributed by atoms with Gasteiger partial charge in [-0.15, -0.1) is 0 Å². The zero-order valence-electron chi connectivity index (χ0n) is 8.64. The molecule has 0 saturated carbocycles. The minimum absolute atomic E-state index is 0.233. The zero-order chi connectivity index (χ0) is 10.1. The quantitative estimate of drug-likeness (QED) is 0.688. The van der Waals surface area contributed by atoms with E-state index in [1.54, 1.807) is 0 Å². The second-order valence-corrected chi connectivity index (χ2v) is 6.16. The van der Waals surface area contributed by atoms with Crippen molar-refractivity contribution < 1.29 is 4.79 Å². The lowest BCUT2D eigenvalue weighted by Crippen LogP contribution is -2.44. The van der Waals surface area contributed by atoms with Crippen LogP contribution in [0, 0.1) is 0 Å². The van der Waals surface area contributed by atoms with Gasteiger partial charge in [-0.05, 0) is 33.1 Å². The first kappa shape index (κ1) is 11.0. The van der Waals surface area contributed by atoms with Crippen LogP contribution in [0.4, 0.5) is 0 Å². The lowest BCUT2D eigenvalue weighted by Gasteiger charge is -2.29. The van der Waals surface area contributed by atoms with E-state index in [1.165, 1.54) is 6.42 Å². The summed E-state index contributed by atoms with van der Waals surface area (Å²) in [6.07, 6.45) is 3.41. The Morgan fingerprint density at radius 3 is 2.69 bits per heavy atom. The van der Waals surface area contributed by atoms with E-state index in [2.05, 4.69) is 22.9 Å². The molecule has 1 saturated heterocycles. The average Bonchev–Trinajstić information content (AvgIpc) is 2.48. The van der Waals surface area contributed by atoms with Crippen LogP contribution >= 0.6 is 15.9 Å². The van der Waals surface area contributed by atoms with Crippen LogP contribution in [0.3, 0.4) is 0 Å². The standard InChI is InChI=1S/C10H18BrNO/c1-4-8-6-5-7-12(8)9(13)10(2,3)11/h8H,4-7H2,1-3H3. The Bertz CT molecular complexity index is 198. The molecule has 0 aromatic carbocycles. The maximum atomic E-state index is 11.9. The Kier molecular flexibility index (Phi) is 3.38. The van der Waals surface area contributed by atoms with Gasteiger partial charge >= 0.3 is 0 Å². The summed E-state index contributed by atoms with van der Waals surface area (Å²) in [5.74, 6) is 0.233. The predicted molar refractivity (Wildman–Crippen MR) is 58.0 cm³/mol. The van der Waals surface area contributed by atoms with Gasteiger partial charge in [0.05, 0.1) is 4.32 Å². The molecule has 0 aliphatic carbocycles. The molecular weight excluding hydrogens is 230 g/mol. The number of hydrogen-bond acceptors (Lipinski definition) is 1. The smallest absolute Gasteiger partial charge is 0.239 e. The topological polar surface area (TPSA) is 20.3 Å². The normalized spacial score (nSPS) is 23.7. The van der Waals surface area contributed by atoms with Crippen LogP contribution in [0.25, 0.3) is 0 Å². The summed E-state index contributed by atoms with van der Waals surface area (Å²) in [6.45, 7) is 6.92. The lowest BCUT2D eigenvalue weighted by atomic mass is 10.1. The number of halogens is 1. The van der Waals surface area contributed by atoms with Gasteiger partial charge in [-0.1, -0.05) is 22.9 Å². The van der Waals surface area contributed by atoms with Crippen molar-refractivity contribution in [2.75, 3.05) is 6.54 Å². The number of nitrogens with zero attached hydrogens (tertiary/aromatic N) is 1. The highest BCUT2D eigenvalue weighted by Gasteiger charge is 2.35. The molecule has 1 aliphatic rings. The summed E-state index contributed by atoms with van der Waals surface area (Å²) in [4.78, 5) is 13.9. The van der Waals surface area contributed by atoms with Crippen molar-refractivity contribution in [1.82, 2.24) is 4.90 Å². The summed E-state index contributed by atoms with van der Waals surface area (Å²) in [5.41, 5.74) is 0. The van der Waals surface area contributed by atoms with Gasteiger partial charge in [0.1, 0.15) is 0 Å². The number of alkyl halides is 1. The van der Waals surface area contributed by atoms with Gasteiger partial charge in [-0.3, -0.25) is 4.79 Å². The van der Waals surface area contributed by atoms with E-state index in [0.29, 0.717) is 6.04 Å². The van der Waals surface area contributed by atoms with Crippen LogP contribution in [0.1, 0.15) is 40.0 Å². The van der Waals surface area contributed by atoms with Crippen LogP contribution in [0.2, 0.25) is 0 Å². The van der Waals surface area contributed by atoms with Gasteiger partial charge in [-0.2, -0.15) is 0 Å². The Balaban J connectivity index is 2.66. The summed E-state index contributed by atoms with van der Waals surface area (Å²) < 4.78 is -0.398. The fourth-order valence-electron chi connectivity index (χ4n) is 1.87. The third-order valence-electron chi connectivity index (χ3n) is 2.62. The Labute approximate surface area is 88.8 Å². The Morgan fingerprint density at radius 1 is 1.62 bits per heavy atom. The molecule has 1 fully saturated rings. The molecule has 1 rings (SSSR count). The summed E-state index contributed by atoms with van der Waals surface area (Å²) in [5, 5.41) is 0. The molecular formula is C10H18BrNO. The largest absolute Gasteiger partial charge is 0.339 e. The summed E-state index contributed by atoms with van der Waals surface area (Å²) in [7, 11) is 0. The number of rotatable bonds is 2. The molecule has 76 valence electrons. The van der Waals surface area contributed by atoms with Gasteiger partial charge in [0.15, 0.2) is 0 Å². The van der Waals surface area contributed by atoms with Crippen molar-refractivity contribution in [3.8, 4) is 0 Å². The third kappa shape index (κ3) is 2.46. The average molecular weight is 248 g/mol. The van der Waals surface area contributed by atoms with Crippen LogP contribution in [0.15, 0.2) is 0 Å². The molecule has 1 unspecified atom stereocenters. The fraction of sp³-hybridized carbons (Fsp3) is 0.900. The molecule has 1 aliphatic heterocycles. The van der Waals surface area contributed by atoms with E-state index in [-0.39, 0.29) is 5.91 Å². The molecule has 1 amide bonds. The molecule has 0 N–H and O–H groups in total. The maximum absolute atomic E-state index is 11.9. The summed E-state index contributed by atoms with van der Waals surface area (Å²) in [6, 6.07) is 0.476. The van der Waals surface area contributed by atoms with E-state index >= 15 is 0 Å². The van der Waals surface area contributed by atoms with Gasteiger partial charge in [0.25, 0.3) is 0 Å². The Morgan fingerprint density at radius 2 is 2.23 bits per heavy atom. The summed E-state index contributed by atoms with van der Waals surface area (Å²) >= 11 is 3.42. The van der Waals surface area contributed by atoms with Gasteiger partial charge in [-0.25, -0.2) is 0 Å². The highest BCUT2D eigenvalue weighted by atomic mass is 79.9. The molecule has 0 aromatic rings. The SMILES string of the molecule is CCC1CCCN1C(=O)C(C)(C)Br. The first-order valence-corrected chi connectivity index (χ1v) is 5.76. The fourth-order valence-corrected chi connectivity index (χ4v) is 2.10. The van der Waals surface area contributed by atoms with Crippen LogP contribution < -0.4 is 0 Å². The van der Waals surface area contributed by atoms with Crippen LogP contribution in [-0.2, 0) is 4.79 Å². The maximum Gasteiger partial charge on any atom is 0.239 e. The van der Waals surface area contributed by atoms with Gasteiger partial charge in [0.2, 0.25) is 5.91 Å². The zero-order valence-corrected chi connectivity index (χ0v) is 10.2. The molecule has 0 bridgehead atoms. The molecule has 3 heteroatoms. The number of likely N-dealkylation sites (tertiary alicyclic amines) is 1.